The van der Waals surface area contributed by atoms with Crippen molar-refractivity contribution in [3.05, 3.63) is 64.2 Å². The average molecular weight is 473 g/mol. The van der Waals surface area contributed by atoms with Crippen molar-refractivity contribution in [1.82, 2.24) is 10.2 Å². The van der Waals surface area contributed by atoms with Gasteiger partial charge in [0, 0.05) is 30.4 Å². The van der Waals surface area contributed by atoms with Gasteiger partial charge in [0.1, 0.15) is 0 Å². The van der Waals surface area contributed by atoms with Crippen molar-refractivity contribution >= 4 is 17.6 Å². The van der Waals surface area contributed by atoms with Gasteiger partial charge in [-0.15, -0.1) is 0 Å². The number of nitrogens with zero attached hydrogens (tertiary/aromatic N) is 2. The van der Waals surface area contributed by atoms with Gasteiger partial charge in [-0.3, -0.25) is 4.79 Å². The van der Waals surface area contributed by atoms with Crippen LogP contribution in [0.2, 0.25) is 0 Å². The molecule has 35 heavy (non-hydrogen) atoms. The van der Waals surface area contributed by atoms with Gasteiger partial charge in [0.05, 0.1) is 23.8 Å². The number of benzene rings is 2. The van der Waals surface area contributed by atoms with E-state index < -0.39 is 0 Å². The Morgan fingerprint density at radius 3 is 2.60 bits per heavy atom. The number of carbonyl (C=O) groups excluding carboxylic acids is 2. The smallest absolute Gasteiger partial charge is 0.319 e. The summed E-state index contributed by atoms with van der Waals surface area (Å²) in [4.78, 5) is 27.7. The van der Waals surface area contributed by atoms with E-state index in [1.54, 1.807) is 6.07 Å². The van der Waals surface area contributed by atoms with Crippen LogP contribution in [0.1, 0.15) is 77.6 Å². The molecule has 0 unspecified atom stereocenters. The summed E-state index contributed by atoms with van der Waals surface area (Å²) in [5, 5.41) is 15.2. The van der Waals surface area contributed by atoms with Crippen LogP contribution in [0.5, 0.6) is 0 Å². The summed E-state index contributed by atoms with van der Waals surface area (Å²) in [6, 6.07) is 13.5. The van der Waals surface area contributed by atoms with E-state index in [0.29, 0.717) is 36.5 Å². The third-order valence-electron chi connectivity index (χ3n) is 7.76. The van der Waals surface area contributed by atoms with Crippen LogP contribution in [0.3, 0.4) is 0 Å². The summed E-state index contributed by atoms with van der Waals surface area (Å²) in [7, 11) is 0. The van der Waals surface area contributed by atoms with Crippen molar-refractivity contribution in [2.24, 2.45) is 0 Å². The summed E-state index contributed by atoms with van der Waals surface area (Å²) in [5.74, 6) is -0.0337. The third-order valence-corrected chi connectivity index (χ3v) is 7.76. The fourth-order valence-electron chi connectivity index (χ4n) is 5.67. The summed E-state index contributed by atoms with van der Waals surface area (Å²) in [5.41, 5.74) is 4.65. The lowest BCUT2D eigenvalue weighted by molar-refractivity contribution is -0.0741. The molecule has 2 heterocycles. The summed E-state index contributed by atoms with van der Waals surface area (Å²) < 4.78 is 6.22. The standard InChI is InChI=1S/C28H32N4O3/c1-19-7-9-21(16-25(19)31-27(34)30-23-5-3-2-4-6-23)26(33)32-13-11-28(12-14-32)24-10-8-20(17-29)15-22(24)18-35-28/h7-10,15-16,23H,2-6,11-14,18H2,1H3,(H2,30,31,34). The first kappa shape index (κ1) is 23.4. The Bertz CT molecular complexity index is 1170. The number of piperidine rings is 1. The Kier molecular flexibility index (Phi) is 6.48. The van der Waals surface area contributed by atoms with Gasteiger partial charge in [-0.05, 0) is 73.6 Å². The number of ether oxygens (including phenoxy) is 1. The molecule has 0 radical (unpaired) electrons. The van der Waals surface area contributed by atoms with Crippen LogP contribution in [0.25, 0.3) is 0 Å². The molecule has 0 bridgehead atoms. The largest absolute Gasteiger partial charge is 0.365 e. The van der Waals surface area contributed by atoms with Crippen LogP contribution < -0.4 is 10.6 Å². The monoisotopic (exact) mass is 472 g/mol. The minimum absolute atomic E-state index is 0.0337. The van der Waals surface area contributed by atoms with Gasteiger partial charge in [-0.2, -0.15) is 5.26 Å². The van der Waals surface area contributed by atoms with Crippen LogP contribution in [0.4, 0.5) is 10.5 Å². The lowest BCUT2D eigenvalue weighted by Crippen LogP contribution is -2.45. The number of urea groups is 1. The minimum atomic E-state index is -0.378. The molecule has 3 aliphatic rings. The Labute approximate surface area is 206 Å². The number of hydrogen-bond acceptors (Lipinski definition) is 4. The number of likely N-dealkylation sites (tertiary alicyclic amines) is 1. The first-order valence-electron chi connectivity index (χ1n) is 12.6. The van der Waals surface area contributed by atoms with Crippen LogP contribution in [0.15, 0.2) is 36.4 Å². The Balaban J connectivity index is 1.23. The van der Waals surface area contributed by atoms with Crippen LogP contribution in [-0.4, -0.2) is 36.0 Å². The van der Waals surface area contributed by atoms with E-state index in [1.807, 2.05) is 42.2 Å². The molecule has 0 aromatic heterocycles. The first-order chi connectivity index (χ1) is 17.0. The number of aryl methyl sites for hydroxylation is 1. The Hall–Kier alpha value is -3.37. The molecule has 3 amide bonds. The highest BCUT2D eigenvalue weighted by Crippen LogP contribution is 2.44. The topological polar surface area (TPSA) is 94.5 Å². The van der Waals surface area contributed by atoms with Crippen molar-refractivity contribution in [2.45, 2.75) is 70.1 Å². The molecule has 2 fully saturated rings. The number of rotatable bonds is 3. The molecule has 2 N–H and O–H groups in total. The van der Waals surface area contributed by atoms with Crippen molar-refractivity contribution in [1.29, 1.82) is 5.26 Å². The van der Waals surface area contributed by atoms with E-state index in [4.69, 9.17) is 4.74 Å². The summed E-state index contributed by atoms with van der Waals surface area (Å²) >= 11 is 0. The maximum absolute atomic E-state index is 13.3. The van der Waals surface area contributed by atoms with Gasteiger partial charge in [-0.1, -0.05) is 31.4 Å². The number of nitrogens with one attached hydrogen (secondary N) is 2. The first-order valence-corrected chi connectivity index (χ1v) is 12.6. The van der Waals surface area contributed by atoms with Crippen molar-refractivity contribution < 1.29 is 14.3 Å². The van der Waals surface area contributed by atoms with E-state index in [0.717, 1.165) is 55.2 Å². The second-order valence-corrected chi connectivity index (χ2v) is 10.0. The van der Waals surface area contributed by atoms with Gasteiger partial charge < -0.3 is 20.3 Å². The van der Waals surface area contributed by atoms with E-state index in [-0.39, 0.29) is 23.6 Å². The molecule has 2 aliphatic heterocycles. The van der Waals surface area contributed by atoms with Gasteiger partial charge in [0.2, 0.25) is 0 Å². The molecule has 7 heteroatoms. The molecule has 5 rings (SSSR count). The molecular weight excluding hydrogens is 440 g/mol. The van der Waals surface area contributed by atoms with E-state index in [2.05, 4.69) is 16.7 Å². The quantitative estimate of drug-likeness (QED) is 0.659. The van der Waals surface area contributed by atoms with Crippen molar-refractivity contribution in [3.8, 4) is 6.07 Å². The van der Waals surface area contributed by atoms with Gasteiger partial charge in [0.15, 0.2) is 0 Å². The maximum atomic E-state index is 13.3. The Morgan fingerprint density at radius 2 is 1.86 bits per heavy atom. The van der Waals surface area contributed by atoms with Crippen LogP contribution in [-0.2, 0) is 16.9 Å². The molecule has 1 spiro atoms. The highest BCUT2D eigenvalue weighted by molar-refractivity contribution is 5.97. The normalized spacial score (nSPS) is 19.1. The second kappa shape index (κ2) is 9.71. The molecule has 1 saturated carbocycles. The SMILES string of the molecule is Cc1ccc(C(=O)N2CCC3(CC2)OCc2cc(C#N)ccc23)cc1NC(=O)NC1CCCCC1. The highest BCUT2D eigenvalue weighted by Gasteiger charge is 2.43. The lowest BCUT2D eigenvalue weighted by atomic mass is 9.83. The predicted octanol–water partition coefficient (Wildman–Crippen LogP) is 4.98. The maximum Gasteiger partial charge on any atom is 0.319 e. The summed E-state index contributed by atoms with van der Waals surface area (Å²) in [6.45, 7) is 3.63. The number of fused-ring (bicyclic) bond motifs is 2. The van der Waals surface area contributed by atoms with Crippen LogP contribution in [0, 0.1) is 18.3 Å². The number of amides is 3. The fourth-order valence-corrected chi connectivity index (χ4v) is 5.67. The Morgan fingerprint density at radius 1 is 1.09 bits per heavy atom. The lowest BCUT2D eigenvalue weighted by Gasteiger charge is -2.39. The van der Waals surface area contributed by atoms with Crippen molar-refractivity contribution in [3.63, 3.8) is 0 Å². The molecule has 0 atom stereocenters. The second-order valence-electron chi connectivity index (χ2n) is 10.0. The molecule has 182 valence electrons. The molecule has 2 aromatic carbocycles. The van der Waals surface area contributed by atoms with Crippen molar-refractivity contribution in [2.75, 3.05) is 18.4 Å². The van der Waals surface area contributed by atoms with E-state index >= 15 is 0 Å². The average Bonchev–Trinajstić information content (AvgIpc) is 3.23. The third kappa shape index (κ3) is 4.76. The van der Waals surface area contributed by atoms with E-state index in [1.165, 1.54) is 6.42 Å². The molecular formula is C28H32N4O3. The zero-order valence-corrected chi connectivity index (χ0v) is 20.2. The highest BCUT2D eigenvalue weighted by atomic mass is 16.5. The van der Waals surface area contributed by atoms with Crippen LogP contribution >= 0.6 is 0 Å². The number of hydrogen-bond donors (Lipinski definition) is 2. The zero-order chi connectivity index (χ0) is 24.4. The van der Waals surface area contributed by atoms with E-state index in [9.17, 15) is 14.9 Å². The molecule has 1 aliphatic carbocycles. The van der Waals surface area contributed by atoms with Gasteiger partial charge in [-0.25, -0.2) is 4.79 Å². The van der Waals surface area contributed by atoms with Gasteiger partial charge in [0.25, 0.3) is 5.91 Å². The summed E-state index contributed by atoms with van der Waals surface area (Å²) in [6.07, 6.45) is 7.04. The number of carbonyl (C=O) groups is 2. The molecule has 1 saturated heterocycles. The minimum Gasteiger partial charge on any atom is -0.365 e. The molecule has 2 aromatic rings. The number of nitriles is 1. The molecule has 7 nitrogen and oxygen atoms in total. The predicted molar refractivity (Wildman–Crippen MR) is 133 cm³/mol. The zero-order valence-electron chi connectivity index (χ0n) is 20.2. The fraction of sp³-hybridized carbons (Fsp3) is 0.464. The number of anilines is 1. The van der Waals surface area contributed by atoms with Gasteiger partial charge >= 0.3 is 6.03 Å².